The van der Waals surface area contributed by atoms with Crippen molar-refractivity contribution in [3.8, 4) is 17.4 Å². The van der Waals surface area contributed by atoms with Crippen LogP contribution in [-0.4, -0.2) is 18.4 Å². The Bertz CT molecular complexity index is 641. The Morgan fingerprint density at radius 2 is 2.12 bits per heavy atom. The number of halogens is 1. The highest BCUT2D eigenvalue weighted by Crippen LogP contribution is 2.44. The fourth-order valence-corrected chi connectivity index (χ4v) is 2.94. The number of ether oxygens (including phenoxy) is 3. The summed E-state index contributed by atoms with van der Waals surface area (Å²) in [6.07, 6.45) is 0.896. The first-order chi connectivity index (χ1) is 8.34. The van der Waals surface area contributed by atoms with Crippen molar-refractivity contribution in [2.24, 2.45) is 0 Å². The molecule has 0 spiro atoms. The minimum atomic E-state index is 0.256. The third-order valence-electron chi connectivity index (χ3n) is 3.08. The Hall–Kier alpha value is -1.49. The lowest BCUT2D eigenvalue weighted by atomic mass is 10.1. The normalized spacial score (nSPS) is 16.1. The number of rotatable bonds is 0. The van der Waals surface area contributed by atoms with Gasteiger partial charge in [-0.05, 0) is 28.1 Å². The van der Waals surface area contributed by atoms with Crippen molar-refractivity contribution in [2.45, 2.75) is 6.42 Å². The van der Waals surface area contributed by atoms with Crippen molar-refractivity contribution in [2.75, 3.05) is 13.4 Å². The van der Waals surface area contributed by atoms with Gasteiger partial charge >= 0.3 is 0 Å². The molecule has 0 radical (unpaired) electrons. The van der Waals surface area contributed by atoms with E-state index >= 15 is 0 Å². The van der Waals surface area contributed by atoms with Crippen LogP contribution in [0, 0.1) is 0 Å². The molecule has 0 unspecified atom stereocenters. The molecule has 17 heavy (non-hydrogen) atoms. The van der Waals surface area contributed by atoms with E-state index in [0.717, 1.165) is 33.1 Å². The van der Waals surface area contributed by atoms with Gasteiger partial charge in [0.05, 0.1) is 6.61 Å². The van der Waals surface area contributed by atoms with E-state index in [4.69, 9.17) is 14.2 Å². The number of aromatic nitrogens is 1. The zero-order valence-electron chi connectivity index (χ0n) is 8.83. The third kappa shape index (κ3) is 1.20. The molecule has 0 atom stereocenters. The molecule has 3 heterocycles. The fourth-order valence-electron chi connectivity index (χ4n) is 2.26. The van der Waals surface area contributed by atoms with Crippen LogP contribution < -0.4 is 14.2 Å². The molecule has 4 rings (SSSR count). The lowest BCUT2D eigenvalue weighted by Crippen LogP contribution is -1.94. The maximum absolute atomic E-state index is 5.51. The molecule has 0 saturated heterocycles. The van der Waals surface area contributed by atoms with Gasteiger partial charge in [0.2, 0.25) is 12.7 Å². The molecule has 2 aliphatic rings. The summed E-state index contributed by atoms with van der Waals surface area (Å²) in [4.78, 5) is 4.53. The second-order valence-electron chi connectivity index (χ2n) is 4.00. The van der Waals surface area contributed by atoms with Gasteiger partial charge in [0.15, 0.2) is 11.5 Å². The van der Waals surface area contributed by atoms with Gasteiger partial charge in [-0.3, -0.25) is 0 Å². The number of hydrogen-bond donors (Lipinski definition) is 0. The lowest BCUT2D eigenvalue weighted by molar-refractivity contribution is 0.174. The van der Waals surface area contributed by atoms with Gasteiger partial charge in [-0.15, -0.1) is 0 Å². The minimum Gasteiger partial charge on any atom is -0.477 e. The molecule has 0 saturated carbocycles. The van der Waals surface area contributed by atoms with E-state index in [2.05, 4.69) is 20.9 Å². The molecule has 2 aliphatic heterocycles. The van der Waals surface area contributed by atoms with Gasteiger partial charge in [-0.25, -0.2) is 4.98 Å². The molecule has 0 fully saturated rings. The van der Waals surface area contributed by atoms with Crippen molar-refractivity contribution < 1.29 is 14.2 Å². The van der Waals surface area contributed by atoms with E-state index in [0.29, 0.717) is 18.2 Å². The molecule has 0 N–H and O–H groups in total. The molecule has 5 heteroatoms. The number of nitrogens with zero attached hydrogens (tertiary/aromatic N) is 1. The SMILES string of the molecule is Brc1c2c(nc3c4c(ccc13)OCO4)OCC2. The average Bonchev–Trinajstić information content (AvgIpc) is 2.96. The van der Waals surface area contributed by atoms with Gasteiger partial charge < -0.3 is 14.2 Å². The Morgan fingerprint density at radius 1 is 1.18 bits per heavy atom. The van der Waals surface area contributed by atoms with Crippen LogP contribution in [0.3, 0.4) is 0 Å². The second-order valence-corrected chi connectivity index (χ2v) is 4.80. The summed E-state index contributed by atoms with van der Waals surface area (Å²) < 4.78 is 17.4. The van der Waals surface area contributed by atoms with Gasteiger partial charge in [-0.1, -0.05) is 0 Å². The first-order valence-corrected chi connectivity index (χ1v) is 6.17. The predicted molar refractivity (Wildman–Crippen MR) is 64.8 cm³/mol. The van der Waals surface area contributed by atoms with Crippen LogP contribution in [0.1, 0.15) is 5.56 Å². The minimum absolute atomic E-state index is 0.256. The quantitative estimate of drug-likeness (QED) is 0.749. The van der Waals surface area contributed by atoms with Gasteiger partial charge in [0.25, 0.3) is 0 Å². The summed E-state index contributed by atoms with van der Waals surface area (Å²) in [5.74, 6) is 2.16. The van der Waals surface area contributed by atoms with Crippen molar-refractivity contribution >= 4 is 26.8 Å². The molecule has 0 amide bonds. The second kappa shape index (κ2) is 3.26. The Labute approximate surface area is 106 Å². The third-order valence-corrected chi connectivity index (χ3v) is 3.98. The summed E-state index contributed by atoms with van der Waals surface area (Å²) >= 11 is 3.62. The Kier molecular flexibility index (Phi) is 1.83. The van der Waals surface area contributed by atoms with Gasteiger partial charge in [0, 0.05) is 21.8 Å². The van der Waals surface area contributed by atoms with Crippen LogP contribution in [0.5, 0.6) is 17.4 Å². The number of pyridine rings is 1. The van der Waals surface area contributed by atoms with Crippen LogP contribution in [0.2, 0.25) is 0 Å². The van der Waals surface area contributed by atoms with E-state index < -0.39 is 0 Å². The predicted octanol–water partition coefficient (Wildman–Crippen LogP) is 2.66. The summed E-state index contributed by atoms with van der Waals surface area (Å²) in [7, 11) is 0. The first-order valence-electron chi connectivity index (χ1n) is 5.38. The number of fused-ring (bicyclic) bond motifs is 4. The lowest BCUT2D eigenvalue weighted by Gasteiger charge is -2.07. The summed E-state index contributed by atoms with van der Waals surface area (Å²) in [6.45, 7) is 0.947. The van der Waals surface area contributed by atoms with Crippen LogP contribution in [-0.2, 0) is 6.42 Å². The van der Waals surface area contributed by atoms with E-state index in [1.807, 2.05) is 12.1 Å². The highest BCUT2D eigenvalue weighted by molar-refractivity contribution is 9.10. The van der Waals surface area contributed by atoms with Crippen LogP contribution >= 0.6 is 15.9 Å². The van der Waals surface area contributed by atoms with Gasteiger partial charge in [-0.2, -0.15) is 0 Å². The van der Waals surface area contributed by atoms with Crippen LogP contribution in [0.15, 0.2) is 16.6 Å². The fraction of sp³-hybridized carbons (Fsp3) is 0.250. The molecule has 2 aromatic rings. The van der Waals surface area contributed by atoms with E-state index in [1.54, 1.807) is 0 Å². The van der Waals surface area contributed by atoms with Crippen molar-refractivity contribution in [1.29, 1.82) is 0 Å². The number of hydrogen-bond acceptors (Lipinski definition) is 4. The Morgan fingerprint density at radius 3 is 3.06 bits per heavy atom. The molecule has 1 aromatic carbocycles. The smallest absolute Gasteiger partial charge is 0.231 e. The van der Waals surface area contributed by atoms with E-state index in [9.17, 15) is 0 Å². The Balaban J connectivity index is 2.13. The largest absolute Gasteiger partial charge is 0.477 e. The van der Waals surface area contributed by atoms with E-state index in [1.165, 1.54) is 0 Å². The molecule has 86 valence electrons. The monoisotopic (exact) mass is 293 g/mol. The first kappa shape index (κ1) is 9.53. The molecule has 1 aromatic heterocycles. The molecule has 0 aliphatic carbocycles. The van der Waals surface area contributed by atoms with Crippen molar-refractivity contribution in [1.82, 2.24) is 4.98 Å². The van der Waals surface area contributed by atoms with Crippen molar-refractivity contribution in [3.63, 3.8) is 0 Å². The number of benzene rings is 1. The zero-order chi connectivity index (χ0) is 11.4. The maximum atomic E-state index is 5.51. The summed E-state index contributed by atoms with van der Waals surface area (Å²) in [5.41, 5.74) is 1.93. The molecule has 4 nitrogen and oxygen atoms in total. The van der Waals surface area contributed by atoms with Crippen molar-refractivity contribution in [3.05, 3.63) is 22.2 Å². The average molecular weight is 294 g/mol. The van der Waals surface area contributed by atoms with Crippen LogP contribution in [0.25, 0.3) is 10.9 Å². The zero-order valence-corrected chi connectivity index (χ0v) is 10.4. The molecular weight excluding hydrogens is 286 g/mol. The summed E-state index contributed by atoms with van der Waals surface area (Å²) in [6, 6.07) is 3.91. The maximum Gasteiger partial charge on any atom is 0.231 e. The summed E-state index contributed by atoms with van der Waals surface area (Å²) in [5, 5.41) is 1.04. The highest BCUT2D eigenvalue weighted by Gasteiger charge is 2.24. The highest BCUT2D eigenvalue weighted by atomic mass is 79.9. The van der Waals surface area contributed by atoms with Gasteiger partial charge in [0.1, 0.15) is 5.52 Å². The topological polar surface area (TPSA) is 40.6 Å². The molecule has 0 bridgehead atoms. The molecular formula is C12H8BrNO3. The van der Waals surface area contributed by atoms with Crippen LogP contribution in [0.4, 0.5) is 0 Å². The van der Waals surface area contributed by atoms with E-state index in [-0.39, 0.29) is 6.79 Å². The standard InChI is InChI=1S/C12H8BrNO3/c13-9-6-1-2-8-11(17-5-16-8)10(6)14-12-7(9)3-4-15-12/h1-2H,3-5H2.